The standard InChI is InChI=1S/C12H14ClN3S/c1-8-4-10-12(14-6-8)16(11(5-13)15-10)9-2-3-17-7-9/h4,6,9H,2-3,5,7H2,1H3. The molecule has 0 aliphatic carbocycles. The Balaban J connectivity index is 2.19. The van der Waals surface area contributed by atoms with E-state index in [1.54, 1.807) is 0 Å². The molecule has 2 aromatic heterocycles. The fourth-order valence-electron chi connectivity index (χ4n) is 2.33. The summed E-state index contributed by atoms with van der Waals surface area (Å²) in [5.74, 6) is 3.77. The predicted octanol–water partition coefficient (Wildman–Crippen LogP) is 3.16. The molecular formula is C12H14ClN3S. The molecule has 1 aliphatic rings. The van der Waals surface area contributed by atoms with Crippen LogP contribution in [0.25, 0.3) is 11.2 Å². The maximum absolute atomic E-state index is 6.00. The van der Waals surface area contributed by atoms with E-state index in [1.165, 1.54) is 12.2 Å². The molecule has 0 aromatic carbocycles. The first kappa shape index (κ1) is 11.4. The van der Waals surface area contributed by atoms with Crippen LogP contribution in [0.3, 0.4) is 0 Å². The fourth-order valence-corrected chi connectivity index (χ4v) is 3.72. The highest BCUT2D eigenvalue weighted by atomic mass is 35.5. The van der Waals surface area contributed by atoms with E-state index < -0.39 is 0 Å². The number of imidazole rings is 1. The highest BCUT2D eigenvalue weighted by Crippen LogP contribution is 2.32. The third-order valence-corrected chi connectivity index (χ3v) is 4.51. The fraction of sp³-hybridized carbons (Fsp3) is 0.500. The molecule has 90 valence electrons. The zero-order valence-corrected chi connectivity index (χ0v) is 11.3. The second-order valence-corrected chi connectivity index (χ2v) is 5.82. The first-order chi connectivity index (χ1) is 8.29. The second-order valence-electron chi connectivity index (χ2n) is 4.40. The first-order valence-electron chi connectivity index (χ1n) is 5.77. The lowest BCUT2D eigenvalue weighted by molar-refractivity contribution is 0.555. The van der Waals surface area contributed by atoms with E-state index in [4.69, 9.17) is 11.6 Å². The predicted molar refractivity (Wildman–Crippen MR) is 72.8 cm³/mol. The molecule has 1 unspecified atom stereocenters. The van der Waals surface area contributed by atoms with Gasteiger partial charge in [-0.05, 0) is 30.7 Å². The van der Waals surface area contributed by atoms with Crippen molar-refractivity contribution in [1.82, 2.24) is 14.5 Å². The van der Waals surface area contributed by atoms with Gasteiger partial charge in [0.15, 0.2) is 5.65 Å². The van der Waals surface area contributed by atoms with E-state index in [2.05, 4.69) is 20.6 Å². The molecule has 0 bridgehead atoms. The molecule has 5 heteroatoms. The minimum absolute atomic E-state index is 0.455. The van der Waals surface area contributed by atoms with Gasteiger partial charge in [-0.25, -0.2) is 9.97 Å². The van der Waals surface area contributed by atoms with Gasteiger partial charge in [-0.3, -0.25) is 0 Å². The number of aromatic nitrogens is 3. The van der Waals surface area contributed by atoms with E-state index in [0.717, 1.165) is 28.3 Å². The average Bonchev–Trinajstić information content (AvgIpc) is 2.93. The molecule has 0 saturated carbocycles. The maximum atomic E-state index is 6.00. The Labute approximate surface area is 110 Å². The normalized spacial score (nSPS) is 20.2. The molecule has 1 aliphatic heterocycles. The largest absolute Gasteiger partial charge is 0.308 e. The lowest BCUT2D eigenvalue weighted by atomic mass is 10.2. The molecule has 0 amide bonds. The molecule has 0 spiro atoms. The van der Waals surface area contributed by atoms with Crippen molar-refractivity contribution in [1.29, 1.82) is 0 Å². The Bertz CT molecular complexity index is 546. The number of hydrogen-bond acceptors (Lipinski definition) is 3. The minimum Gasteiger partial charge on any atom is -0.308 e. The number of pyridine rings is 1. The number of alkyl halides is 1. The topological polar surface area (TPSA) is 30.7 Å². The molecule has 17 heavy (non-hydrogen) atoms. The van der Waals surface area contributed by atoms with Gasteiger partial charge in [0, 0.05) is 18.0 Å². The van der Waals surface area contributed by atoms with Gasteiger partial charge in [0.25, 0.3) is 0 Å². The molecule has 3 nitrogen and oxygen atoms in total. The summed E-state index contributed by atoms with van der Waals surface area (Å²) in [4.78, 5) is 9.12. The lowest BCUT2D eigenvalue weighted by Gasteiger charge is -2.13. The smallest absolute Gasteiger partial charge is 0.160 e. The van der Waals surface area contributed by atoms with Crippen LogP contribution in [0.1, 0.15) is 23.9 Å². The number of aryl methyl sites for hydroxylation is 1. The van der Waals surface area contributed by atoms with E-state index in [9.17, 15) is 0 Å². The summed E-state index contributed by atoms with van der Waals surface area (Å²) in [5, 5.41) is 0. The third kappa shape index (κ3) is 1.93. The van der Waals surface area contributed by atoms with Crippen LogP contribution in [0.2, 0.25) is 0 Å². The van der Waals surface area contributed by atoms with Gasteiger partial charge < -0.3 is 4.57 Å². The summed E-state index contributed by atoms with van der Waals surface area (Å²) in [7, 11) is 0. The van der Waals surface area contributed by atoms with Gasteiger partial charge in [0.2, 0.25) is 0 Å². The van der Waals surface area contributed by atoms with E-state index in [1.807, 2.05) is 24.9 Å². The monoisotopic (exact) mass is 267 g/mol. The zero-order valence-electron chi connectivity index (χ0n) is 9.69. The SMILES string of the molecule is Cc1cnc2c(c1)nc(CCl)n2C1CCSC1. The van der Waals surface area contributed by atoms with Gasteiger partial charge in [-0.2, -0.15) is 11.8 Å². The van der Waals surface area contributed by atoms with E-state index >= 15 is 0 Å². The molecular weight excluding hydrogens is 254 g/mol. The number of thioether (sulfide) groups is 1. The Morgan fingerprint density at radius 3 is 3.18 bits per heavy atom. The van der Waals surface area contributed by atoms with Crippen LogP contribution in [0, 0.1) is 6.92 Å². The summed E-state index contributed by atoms with van der Waals surface area (Å²) >= 11 is 8.00. The molecule has 0 radical (unpaired) electrons. The number of fused-ring (bicyclic) bond motifs is 1. The zero-order chi connectivity index (χ0) is 11.8. The molecule has 2 aromatic rings. The van der Waals surface area contributed by atoms with Crippen molar-refractivity contribution in [3.05, 3.63) is 23.7 Å². The van der Waals surface area contributed by atoms with Crippen LogP contribution < -0.4 is 0 Å². The molecule has 1 atom stereocenters. The van der Waals surface area contributed by atoms with E-state index in [0.29, 0.717) is 11.9 Å². The summed E-state index contributed by atoms with van der Waals surface area (Å²) in [6.45, 7) is 2.04. The highest BCUT2D eigenvalue weighted by molar-refractivity contribution is 7.99. The summed E-state index contributed by atoms with van der Waals surface area (Å²) in [6, 6.07) is 2.59. The summed E-state index contributed by atoms with van der Waals surface area (Å²) in [5.41, 5.74) is 3.10. The summed E-state index contributed by atoms with van der Waals surface area (Å²) < 4.78 is 2.24. The van der Waals surface area contributed by atoms with Gasteiger partial charge in [0.05, 0.1) is 5.88 Å². The van der Waals surface area contributed by atoms with Crippen molar-refractivity contribution >= 4 is 34.5 Å². The van der Waals surface area contributed by atoms with Crippen molar-refractivity contribution in [2.75, 3.05) is 11.5 Å². The Kier molecular flexibility index (Phi) is 3.01. The Hall–Kier alpha value is -0.740. The van der Waals surface area contributed by atoms with Crippen molar-refractivity contribution in [3.63, 3.8) is 0 Å². The van der Waals surface area contributed by atoms with Crippen LogP contribution in [0.5, 0.6) is 0 Å². The number of rotatable bonds is 2. The third-order valence-electron chi connectivity index (χ3n) is 3.13. The van der Waals surface area contributed by atoms with Gasteiger partial charge >= 0.3 is 0 Å². The van der Waals surface area contributed by atoms with Crippen LogP contribution in [0.15, 0.2) is 12.3 Å². The molecule has 1 saturated heterocycles. The van der Waals surface area contributed by atoms with Gasteiger partial charge in [-0.1, -0.05) is 0 Å². The van der Waals surface area contributed by atoms with Gasteiger partial charge in [-0.15, -0.1) is 11.6 Å². The summed E-state index contributed by atoms with van der Waals surface area (Å²) in [6.07, 6.45) is 3.09. The molecule has 1 fully saturated rings. The van der Waals surface area contributed by atoms with Crippen molar-refractivity contribution in [2.24, 2.45) is 0 Å². The van der Waals surface area contributed by atoms with Crippen LogP contribution in [-0.4, -0.2) is 26.0 Å². The van der Waals surface area contributed by atoms with Crippen LogP contribution in [-0.2, 0) is 5.88 Å². The molecule has 3 rings (SSSR count). The van der Waals surface area contributed by atoms with Crippen LogP contribution in [0.4, 0.5) is 0 Å². The Morgan fingerprint density at radius 2 is 2.47 bits per heavy atom. The number of hydrogen-bond donors (Lipinski definition) is 0. The van der Waals surface area contributed by atoms with E-state index in [-0.39, 0.29) is 0 Å². The second kappa shape index (κ2) is 4.50. The lowest BCUT2D eigenvalue weighted by Crippen LogP contribution is -2.11. The highest BCUT2D eigenvalue weighted by Gasteiger charge is 2.23. The maximum Gasteiger partial charge on any atom is 0.160 e. The van der Waals surface area contributed by atoms with Crippen molar-refractivity contribution < 1.29 is 0 Å². The minimum atomic E-state index is 0.455. The number of nitrogens with zero attached hydrogens (tertiary/aromatic N) is 3. The Morgan fingerprint density at radius 1 is 1.59 bits per heavy atom. The van der Waals surface area contributed by atoms with Crippen LogP contribution >= 0.6 is 23.4 Å². The molecule has 3 heterocycles. The first-order valence-corrected chi connectivity index (χ1v) is 7.45. The molecule has 0 N–H and O–H groups in total. The quantitative estimate of drug-likeness (QED) is 0.783. The van der Waals surface area contributed by atoms with Crippen molar-refractivity contribution in [2.45, 2.75) is 25.3 Å². The number of halogens is 1. The van der Waals surface area contributed by atoms with Gasteiger partial charge in [0.1, 0.15) is 11.3 Å². The average molecular weight is 268 g/mol. The van der Waals surface area contributed by atoms with Crippen molar-refractivity contribution in [3.8, 4) is 0 Å².